The molecule has 0 spiro atoms. The molecule has 1 aliphatic rings. The smallest absolute Gasteiger partial charge is 0.341 e. The number of methoxy groups -OCH3 is 3. The van der Waals surface area contributed by atoms with Gasteiger partial charge in [-0.15, -0.1) is 0 Å². The van der Waals surface area contributed by atoms with Crippen molar-refractivity contribution in [1.29, 1.82) is 0 Å². The minimum Gasteiger partial charge on any atom is -0.496 e. The van der Waals surface area contributed by atoms with Gasteiger partial charge in [-0.3, -0.25) is 4.79 Å². The molecule has 0 amide bonds. The Morgan fingerprint density at radius 2 is 1.71 bits per heavy atom. The first kappa shape index (κ1) is 19.1. The molecule has 1 heterocycles. The topological polar surface area (TPSA) is 101 Å². The van der Waals surface area contributed by atoms with Crippen molar-refractivity contribution in [2.75, 3.05) is 27.9 Å². The molecule has 28 heavy (non-hydrogen) atoms. The maximum absolute atomic E-state index is 12.6. The van der Waals surface area contributed by atoms with Gasteiger partial charge in [0.05, 0.1) is 26.9 Å². The van der Waals surface area contributed by atoms with Gasteiger partial charge in [0.25, 0.3) is 0 Å². The summed E-state index contributed by atoms with van der Waals surface area (Å²) in [5.41, 5.74) is 0.923. The lowest BCUT2D eigenvalue weighted by atomic mass is 10.1. The number of carbonyl (C=O) groups excluding carboxylic acids is 1. The largest absolute Gasteiger partial charge is 0.496 e. The Bertz CT molecular complexity index is 961. The number of carbonyl (C=O) groups is 2. The molecule has 3 rings (SSSR count). The molecule has 0 fully saturated rings. The van der Waals surface area contributed by atoms with Gasteiger partial charge in [0.1, 0.15) is 17.2 Å². The maximum Gasteiger partial charge on any atom is 0.341 e. The lowest BCUT2D eigenvalue weighted by Gasteiger charge is -2.12. The number of benzene rings is 2. The molecular weight excluding hydrogens is 368 g/mol. The average Bonchev–Trinajstić information content (AvgIpc) is 3.00. The minimum absolute atomic E-state index is 0.0934. The fourth-order valence-electron chi connectivity index (χ4n) is 2.71. The van der Waals surface area contributed by atoms with Crippen molar-refractivity contribution in [2.24, 2.45) is 0 Å². The van der Waals surface area contributed by atoms with Crippen LogP contribution in [0.15, 0.2) is 36.1 Å². The van der Waals surface area contributed by atoms with E-state index in [2.05, 4.69) is 0 Å². The summed E-state index contributed by atoms with van der Waals surface area (Å²) in [6.45, 7) is -0.488. The molecule has 0 aromatic heterocycles. The predicted molar refractivity (Wildman–Crippen MR) is 98.6 cm³/mol. The number of carboxylic acids is 1. The van der Waals surface area contributed by atoms with E-state index in [0.29, 0.717) is 39.9 Å². The summed E-state index contributed by atoms with van der Waals surface area (Å²) in [6.07, 6.45) is 1.54. The molecule has 0 radical (unpaired) electrons. The fraction of sp³-hybridized carbons (Fsp3) is 0.200. The standard InChI is InChI=1S/C20H18O8/c1-24-14-9-17(26-3)16(25-2)6-11(14)7-18-20(23)13-5-4-12(8-15(13)28-18)27-10-19(21)22/h4-9H,10H2,1-3H3,(H,21,22). The quantitative estimate of drug-likeness (QED) is 0.725. The molecule has 8 nitrogen and oxygen atoms in total. The van der Waals surface area contributed by atoms with Crippen LogP contribution < -0.4 is 23.7 Å². The normalized spacial score (nSPS) is 13.7. The Labute approximate surface area is 160 Å². The summed E-state index contributed by atoms with van der Waals surface area (Å²) >= 11 is 0. The molecule has 0 saturated heterocycles. The summed E-state index contributed by atoms with van der Waals surface area (Å²) in [7, 11) is 4.52. The number of aliphatic carboxylic acids is 1. The molecule has 0 aliphatic carbocycles. The second-order valence-electron chi connectivity index (χ2n) is 5.73. The van der Waals surface area contributed by atoms with Gasteiger partial charge in [-0.1, -0.05) is 0 Å². The van der Waals surface area contributed by atoms with Crippen LogP contribution in [0.2, 0.25) is 0 Å². The first-order valence-corrected chi connectivity index (χ1v) is 8.19. The van der Waals surface area contributed by atoms with E-state index in [1.807, 2.05) is 0 Å². The van der Waals surface area contributed by atoms with Crippen LogP contribution in [-0.4, -0.2) is 44.8 Å². The highest BCUT2D eigenvalue weighted by Crippen LogP contribution is 2.38. The van der Waals surface area contributed by atoms with Gasteiger partial charge < -0.3 is 28.8 Å². The van der Waals surface area contributed by atoms with E-state index >= 15 is 0 Å². The average molecular weight is 386 g/mol. The summed E-state index contributed by atoms with van der Waals surface area (Å²) in [5, 5.41) is 8.70. The number of fused-ring (bicyclic) bond motifs is 1. The van der Waals surface area contributed by atoms with Gasteiger partial charge in [-0.05, 0) is 24.3 Å². The van der Waals surface area contributed by atoms with Crippen LogP contribution in [0.3, 0.4) is 0 Å². The second kappa shape index (κ2) is 7.91. The predicted octanol–water partition coefficient (Wildman–Crippen LogP) is 2.79. The van der Waals surface area contributed by atoms with E-state index in [0.717, 1.165) is 0 Å². The van der Waals surface area contributed by atoms with E-state index in [9.17, 15) is 9.59 Å². The number of rotatable bonds is 7. The SMILES string of the molecule is COc1cc(OC)c(OC)cc1C=C1Oc2cc(OCC(=O)O)ccc2C1=O. The third kappa shape index (κ3) is 3.71. The molecular formula is C20H18O8. The number of carboxylic acid groups (broad SMARTS) is 1. The zero-order chi connectivity index (χ0) is 20.3. The van der Waals surface area contributed by atoms with Crippen molar-refractivity contribution in [3.05, 3.63) is 47.2 Å². The Hall–Kier alpha value is -3.68. The van der Waals surface area contributed by atoms with Crippen molar-refractivity contribution in [2.45, 2.75) is 0 Å². The molecule has 0 unspecified atom stereocenters. The molecule has 2 aromatic carbocycles. The molecule has 1 N–H and O–H groups in total. The van der Waals surface area contributed by atoms with Crippen LogP contribution in [0.1, 0.15) is 15.9 Å². The second-order valence-corrected chi connectivity index (χ2v) is 5.73. The summed E-state index contributed by atoms with van der Waals surface area (Å²) in [5.74, 6) is 0.706. The molecule has 0 atom stereocenters. The molecule has 8 heteroatoms. The minimum atomic E-state index is -1.10. The lowest BCUT2D eigenvalue weighted by molar-refractivity contribution is -0.139. The Balaban J connectivity index is 1.93. The highest BCUT2D eigenvalue weighted by atomic mass is 16.5. The van der Waals surface area contributed by atoms with Crippen LogP contribution in [0.25, 0.3) is 6.08 Å². The first-order valence-electron chi connectivity index (χ1n) is 8.19. The van der Waals surface area contributed by atoms with E-state index in [1.165, 1.54) is 39.5 Å². The number of hydrogen-bond donors (Lipinski definition) is 1. The number of hydrogen-bond acceptors (Lipinski definition) is 7. The Morgan fingerprint density at radius 3 is 2.36 bits per heavy atom. The van der Waals surface area contributed by atoms with Crippen molar-refractivity contribution in [3.8, 4) is 28.7 Å². The highest BCUT2D eigenvalue weighted by molar-refractivity contribution is 6.14. The molecule has 146 valence electrons. The third-order valence-corrected chi connectivity index (χ3v) is 4.03. The number of ketones is 1. The summed E-state index contributed by atoms with van der Waals surface area (Å²) in [4.78, 5) is 23.3. The zero-order valence-electron chi connectivity index (χ0n) is 15.5. The fourth-order valence-corrected chi connectivity index (χ4v) is 2.71. The van der Waals surface area contributed by atoms with Crippen LogP contribution in [-0.2, 0) is 4.79 Å². The van der Waals surface area contributed by atoms with Crippen molar-refractivity contribution >= 4 is 17.8 Å². The zero-order valence-corrected chi connectivity index (χ0v) is 15.5. The van der Waals surface area contributed by atoms with Gasteiger partial charge in [-0.25, -0.2) is 4.79 Å². The highest BCUT2D eigenvalue weighted by Gasteiger charge is 2.28. The molecule has 1 aliphatic heterocycles. The van der Waals surface area contributed by atoms with Gasteiger partial charge in [0, 0.05) is 17.7 Å². The van der Waals surface area contributed by atoms with Crippen LogP contribution >= 0.6 is 0 Å². The maximum atomic E-state index is 12.6. The monoisotopic (exact) mass is 386 g/mol. The molecule has 0 bridgehead atoms. The summed E-state index contributed by atoms with van der Waals surface area (Å²) < 4.78 is 26.7. The van der Waals surface area contributed by atoms with Crippen molar-refractivity contribution < 1.29 is 38.4 Å². The van der Waals surface area contributed by atoms with Gasteiger partial charge in [0.2, 0.25) is 5.78 Å². The van der Waals surface area contributed by atoms with E-state index < -0.39 is 12.6 Å². The van der Waals surface area contributed by atoms with Gasteiger partial charge >= 0.3 is 5.97 Å². The van der Waals surface area contributed by atoms with Gasteiger partial charge in [-0.2, -0.15) is 0 Å². The Morgan fingerprint density at radius 1 is 1.04 bits per heavy atom. The van der Waals surface area contributed by atoms with Crippen LogP contribution in [0.5, 0.6) is 28.7 Å². The van der Waals surface area contributed by atoms with E-state index in [1.54, 1.807) is 18.2 Å². The van der Waals surface area contributed by atoms with Crippen LogP contribution in [0.4, 0.5) is 0 Å². The van der Waals surface area contributed by atoms with E-state index in [-0.39, 0.29) is 11.5 Å². The van der Waals surface area contributed by atoms with Gasteiger partial charge in [0.15, 0.2) is 23.9 Å². The van der Waals surface area contributed by atoms with E-state index in [4.69, 9.17) is 28.8 Å². The van der Waals surface area contributed by atoms with Crippen LogP contribution in [0, 0.1) is 0 Å². The number of allylic oxidation sites excluding steroid dienone is 1. The van der Waals surface area contributed by atoms with Crippen molar-refractivity contribution in [3.63, 3.8) is 0 Å². The van der Waals surface area contributed by atoms with Crippen molar-refractivity contribution in [1.82, 2.24) is 0 Å². The third-order valence-electron chi connectivity index (χ3n) is 4.03. The number of Topliss-reactive ketones (excluding diaryl/α,β-unsaturated/α-hetero) is 1. The lowest BCUT2D eigenvalue weighted by Crippen LogP contribution is -2.09. The first-order chi connectivity index (χ1) is 13.5. The summed E-state index contributed by atoms with van der Waals surface area (Å²) in [6, 6.07) is 7.84. The molecule has 0 saturated carbocycles. The number of ether oxygens (including phenoxy) is 5. The molecule has 2 aromatic rings. The Kier molecular flexibility index (Phi) is 5.39.